The number of rotatable bonds is 6. The van der Waals surface area contributed by atoms with E-state index in [4.69, 9.17) is 10.5 Å². The Kier molecular flexibility index (Phi) is 5.44. The molecular weight excluding hydrogens is 252 g/mol. The second-order valence-corrected chi connectivity index (χ2v) is 7.08. The van der Waals surface area contributed by atoms with Crippen molar-refractivity contribution >= 4 is 5.91 Å². The highest BCUT2D eigenvalue weighted by atomic mass is 16.5. The maximum atomic E-state index is 12.2. The summed E-state index contributed by atoms with van der Waals surface area (Å²) in [4.78, 5) is 12.2. The second kappa shape index (κ2) is 6.90. The predicted molar refractivity (Wildman–Crippen MR) is 80.3 cm³/mol. The Labute approximate surface area is 122 Å². The van der Waals surface area contributed by atoms with Crippen LogP contribution in [-0.2, 0) is 9.53 Å². The summed E-state index contributed by atoms with van der Waals surface area (Å²) in [6.45, 7) is 5.87. The molecule has 2 atom stereocenters. The fraction of sp³-hybridized carbons (Fsp3) is 0.938. The first-order chi connectivity index (χ1) is 9.54. The van der Waals surface area contributed by atoms with Gasteiger partial charge in [0.2, 0.25) is 5.91 Å². The number of hydrogen-bond donors (Lipinski definition) is 2. The molecule has 1 saturated carbocycles. The Hall–Kier alpha value is -0.610. The van der Waals surface area contributed by atoms with Gasteiger partial charge in [-0.3, -0.25) is 4.79 Å². The van der Waals surface area contributed by atoms with E-state index >= 15 is 0 Å². The van der Waals surface area contributed by atoms with Crippen LogP contribution in [0.1, 0.15) is 58.8 Å². The van der Waals surface area contributed by atoms with Crippen LogP contribution in [0.4, 0.5) is 0 Å². The number of nitrogens with two attached hydrogens (primary N) is 1. The van der Waals surface area contributed by atoms with E-state index in [0.717, 1.165) is 19.4 Å². The molecule has 3 N–H and O–H groups in total. The van der Waals surface area contributed by atoms with Gasteiger partial charge in [0.25, 0.3) is 0 Å². The lowest BCUT2D eigenvalue weighted by molar-refractivity contribution is -0.132. The molecule has 0 radical (unpaired) electrons. The molecule has 2 rings (SSSR count). The summed E-state index contributed by atoms with van der Waals surface area (Å²) in [5.41, 5.74) is 5.92. The number of ether oxygens (including phenoxy) is 1. The van der Waals surface area contributed by atoms with Crippen molar-refractivity contribution < 1.29 is 9.53 Å². The van der Waals surface area contributed by atoms with E-state index < -0.39 is 0 Å². The maximum Gasteiger partial charge on any atom is 0.249 e. The van der Waals surface area contributed by atoms with Crippen molar-refractivity contribution in [3.63, 3.8) is 0 Å². The highest BCUT2D eigenvalue weighted by Gasteiger charge is 2.36. The Morgan fingerprint density at radius 3 is 2.60 bits per heavy atom. The van der Waals surface area contributed by atoms with Crippen molar-refractivity contribution in [3.05, 3.63) is 0 Å². The molecule has 1 aliphatic heterocycles. The van der Waals surface area contributed by atoms with Crippen LogP contribution in [0.3, 0.4) is 0 Å². The van der Waals surface area contributed by atoms with Gasteiger partial charge in [0.15, 0.2) is 0 Å². The van der Waals surface area contributed by atoms with Gasteiger partial charge in [-0.15, -0.1) is 0 Å². The van der Waals surface area contributed by atoms with E-state index in [0.29, 0.717) is 17.9 Å². The van der Waals surface area contributed by atoms with E-state index in [9.17, 15) is 4.79 Å². The fourth-order valence-corrected chi connectivity index (χ4v) is 3.90. The minimum Gasteiger partial charge on any atom is -0.364 e. The minimum absolute atomic E-state index is 0.0657. The van der Waals surface area contributed by atoms with Gasteiger partial charge in [-0.05, 0) is 43.4 Å². The van der Waals surface area contributed by atoms with Crippen molar-refractivity contribution in [2.75, 3.05) is 13.1 Å². The van der Waals surface area contributed by atoms with Gasteiger partial charge in [-0.2, -0.15) is 0 Å². The average molecular weight is 282 g/mol. The summed E-state index contributed by atoms with van der Waals surface area (Å²) in [6.07, 6.45) is 7.84. The molecule has 20 heavy (non-hydrogen) atoms. The molecule has 1 aliphatic carbocycles. The molecule has 0 spiro atoms. The van der Waals surface area contributed by atoms with Crippen molar-refractivity contribution in [1.82, 2.24) is 5.32 Å². The van der Waals surface area contributed by atoms with E-state index in [1.165, 1.54) is 32.1 Å². The van der Waals surface area contributed by atoms with Crippen LogP contribution in [0, 0.1) is 11.3 Å². The molecule has 4 heteroatoms. The normalized spacial score (nSPS) is 29.0. The Morgan fingerprint density at radius 2 is 2.05 bits per heavy atom. The van der Waals surface area contributed by atoms with Gasteiger partial charge in [-0.1, -0.05) is 26.7 Å². The quantitative estimate of drug-likeness (QED) is 0.785. The van der Waals surface area contributed by atoms with Gasteiger partial charge in [0.1, 0.15) is 6.10 Å². The topological polar surface area (TPSA) is 64.4 Å². The van der Waals surface area contributed by atoms with Crippen LogP contribution in [0.5, 0.6) is 0 Å². The lowest BCUT2D eigenvalue weighted by Gasteiger charge is -2.31. The van der Waals surface area contributed by atoms with E-state index in [2.05, 4.69) is 19.2 Å². The first-order valence-corrected chi connectivity index (χ1v) is 8.18. The molecule has 1 saturated heterocycles. The molecule has 2 unspecified atom stereocenters. The molecule has 0 aromatic rings. The van der Waals surface area contributed by atoms with Crippen LogP contribution in [0.15, 0.2) is 0 Å². The third kappa shape index (κ3) is 3.95. The Bertz CT molecular complexity index is 324. The molecule has 2 fully saturated rings. The van der Waals surface area contributed by atoms with E-state index in [1.54, 1.807) is 0 Å². The van der Waals surface area contributed by atoms with Crippen LogP contribution in [-0.4, -0.2) is 31.2 Å². The van der Waals surface area contributed by atoms with Crippen molar-refractivity contribution in [2.45, 2.75) is 71.0 Å². The summed E-state index contributed by atoms with van der Waals surface area (Å²) in [7, 11) is 0. The molecule has 1 amide bonds. The Morgan fingerprint density at radius 1 is 1.35 bits per heavy atom. The third-order valence-electron chi connectivity index (χ3n) is 4.81. The van der Waals surface area contributed by atoms with Crippen molar-refractivity contribution in [1.29, 1.82) is 0 Å². The fourth-order valence-electron chi connectivity index (χ4n) is 3.90. The molecule has 4 nitrogen and oxygen atoms in total. The lowest BCUT2D eigenvalue weighted by Crippen LogP contribution is -2.42. The molecule has 116 valence electrons. The van der Waals surface area contributed by atoms with Crippen molar-refractivity contribution in [3.8, 4) is 0 Å². The van der Waals surface area contributed by atoms with Crippen LogP contribution >= 0.6 is 0 Å². The largest absolute Gasteiger partial charge is 0.364 e. The molecule has 0 aromatic carbocycles. The molecule has 0 bridgehead atoms. The summed E-state index contributed by atoms with van der Waals surface area (Å²) in [6, 6.07) is 0. The third-order valence-corrected chi connectivity index (χ3v) is 4.81. The number of nitrogens with one attached hydrogen (secondary N) is 1. The van der Waals surface area contributed by atoms with Gasteiger partial charge in [0.05, 0.1) is 6.10 Å². The van der Waals surface area contributed by atoms with Crippen LogP contribution in [0.25, 0.3) is 0 Å². The van der Waals surface area contributed by atoms with E-state index in [-0.39, 0.29) is 18.1 Å². The van der Waals surface area contributed by atoms with Crippen molar-refractivity contribution in [2.24, 2.45) is 17.1 Å². The zero-order chi connectivity index (χ0) is 14.6. The van der Waals surface area contributed by atoms with Crippen LogP contribution in [0.2, 0.25) is 0 Å². The number of amides is 1. The summed E-state index contributed by atoms with van der Waals surface area (Å²) >= 11 is 0. The summed E-state index contributed by atoms with van der Waals surface area (Å²) in [5, 5.41) is 3.15. The van der Waals surface area contributed by atoms with Gasteiger partial charge >= 0.3 is 0 Å². The molecule has 0 aromatic heterocycles. The highest BCUT2D eigenvalue weighted by molar-refractivity contribution is 5.81. The van der Waals surface area contributed by atoms with Gasteiger partial charge < -0.3 is 15.8 Å². The first-order valence-electron chi connectivity index (χ1n) is 8.18. The zero-order valence-electron chi connectivity index (χ0n) is 13.0. The van der Waals surface area contributed by atoms with Gasteiger partial charge in [0, 0.05) is 13.1 Å². The second-order valence-electron chi connectivity index (χ2n) is 7.08. The lowest BCUT2D eigenvalue weighted by atomic mass is 9.78. The SMILES string of the molecule is CC(C)CC1(CNC(=O)C2CCC(CN)O2)CCCC1. The predicted octanol–water partition coefficient (Wildman–Crippen LogP) is 2.22. The average Bonchev–Trinajstić information content (AvgIpc) is 3.04. The van der Waals surface area contributed by atoms with E-state index in [1.807, 2.05) is 0 Å². The van der Waals surface area contributed by atoms with Crippen LogP contribution < -0.4 is 11.1 Å². The Balaban J connectivity index is 1.82. The number of hydrogen-bond acceptors (Lipinski definition) is 3. The highest BCUT2D eigenvalue weighted by Crippen LogP contribution is 2.42. The summed E-state index contributed by atoms with van der Waals surface area (Å²) in [5.74, 6) is 0.755. The molecule has 1 heterocycles. The smallest absolute Gasteiger partial charge is 0.249 e. The maximum absolute atomic E-state index is 12.2. The molecule has 2 aliphatic rings. The minimum atomic E-state index is -0.277. The summed E-state index contributed by atoms with van der Waals surface area (Å²) < 4.78 is 5.66. The first kappa shape index (κ1) is 15.8. The molecular formula is C16H30N2O2. The number of carbonyl (C=O) groups excluding carboxylic acids is 1. The monoisotopic (exact) mass is 282 g/mol. The van der Waals surface area contributed by atoms with Gasteiger partial charge in [-0.25, -0.2) is 0 Å². The standard InChI is InChI=1S/C16H30N2O2/c1-12(2)9-16(7-3-4-8-16)11-18-15(19)14-6-5-13(10-17)20-14/h12-14H,3-11,17H2,1-2H3,(H,18,19). The number of carbonyl (C=O) groups is 1. The zero-order valence-corrected chi connectivity index (χ0v) is 13.0.